The van der Waals surface area contributed by atoms with Gasteiger partial charge in [0.1, 0.15) is 6.61 Å². The number of esters is 1. The molecule has 1 atom stereocenters. The molecule has 0 N–H and O–H groups in total. The molecule has 0 rings (SSSR count). The number of alkyl halides is 1. The number of rotatable bonds is 6. The van der Waals surface area contributed by atoms with Crippen LogP contribution < -0.4 is 0 Å². The standard InChI is InChI=1S/C13H17BrO2/c1-5-7-10(3)13(14)11(4)8-9-16-12(15)6-2/h5-8,13H,1-2,9H2,3-4H3/b10-7+,11-8-. The van der Waals surface area contributed by atoms with E-state index < -0.39 is 5.97 Å². The monoisotopic (exact) mass is 284 g/mol. The Balaban J connectivity index is 4.32. The molecule has 0 aliphatic rings. The van der Waals surface area contributed by atoms with Crippen LogP contribution in [0.15, 0.2) is 48.6 Å². The number of carbonyl (C=O) groups excluding carboxylic acids is 1. The summed E-state index contributed by atoms with van der Waals surface area (Å²) < 4.78 is 4.86. The molecule has 0 aromatic rings. The molecule has 0 saturated carbocycles. The zero-order valence-corrected chi connectivity index (χ0v) is 11.3. The van der Waals surface area contributed by atoms with Crippen molar-refractivity contribution in [2.24, 2.45) is 0 Å². The molecule has 0 saturated heterocycles. The number of halogens is 1. The summed E-state index contributed by atoms with van der Waals surface area (Å²) in [6.45, 7) is 11.2. The third kappa shape index (κ3) is 5.71. The van der Waals surface area contributed by atoms with E-state index in [9.17, 15) is 4.79 Å². The van der Waals surface area contributed by atoms with Gasteiger partial charge in [0, 0.05) is 6.08 Å². The van der Waals surface area contributed by atoms with Crippen LogP contribution in [-0.4, -0.2) is 17.4 Å². The van der Waals surface area contributed by atoms with E-state index >= 15 is 0 Å². The van der Waals surface area contributed by atoms with Gasteiger partial charge in [-0.3, -0.25) is 0 Å². The SMILES string of the molecule is C=C/C=C(\C)C(Br)/C(C)=C\COC(=O)C=C. The molecule has 2 nitrogen and oxygen atoms in total. The van der Waals surface area contributed by atoms with E-state index in [0.717, 1.165) is 17.2 Å². The Labute approximate surface area is 106 Å². The largest absolute Gasteiger partial charge is 0.458 e. The van der Waals surface area contributed by atoms with Crippen molar-refractivity contribution in [3.8, 4) is 0 Å². The molecular formula is C13H17BrO2. The minimum Gasteiger partial charge on any atom is -0.458 e. The fraction of sp³-hybridized carbons (Fsp3) is 0.308. The summed E-state index contributed by atoms with van der Waals surface area (Å²) in [5.74, 6) is -0.409. The second-order valence-corrected chi connectivity index (χ2v) is 4.21. The molecule has 1 unspecified atom stereocenters. The summed E-state index contributed by atoms with van der Waals surface area (Å²) in [5, 5.41) is 0. The topological polar surface area (TPSA) is 26.3 Å². The zero-order valence-electron chi connectivity index (χ0n) is 9.70. The summed E-state index contributed by atoms with van der Waals surface area (Å²) in [4.78, 5) is 10.9. The van der Waals surface area contributed by atoms with Crippen molar-refractivity contribution in [2.45, 2.75) is 18.7 Å². The van der Waals surface area contributed by atoms with Crippen molar-refractivity contribution in [1.29, 1.82) is 0 Å². The average Bonchev–Trinajstić information content (AvgIpc) is 2.27. The van der Waals surface area contributed by atoms with E-state index in [1.54, 1.807) is 6.08 Å². The van der Waals surface area contributed by atoms with Crippen LogP contribution in [0, 0.1) is 0 Å². The molecule has 0 fully saturated rings. The second kappa shape index (κ2) is 8.11. The molecule has 0 aromatic heterocycles. The Hall–Kier alpha value is -1.09. The third-order valence-electron chi connectivity index (χ3n) is 1.98. The van der Waals surface area contributed by atoms with E-state index in [1.807, 2.05) is 26.0 Å². The number of hydrogen-bond donors (Lipinski definition) is 0. The van der Waals surface area contributed by atoms with Crippen LogP contribution in [0.25, 0.3) is 0 Å². The minimum absolute atomic E-state index is 0.146. The Kier molecular flexibility index (Phi) is 7.56. The molecule has 0 amide bonds. The molecule has 0 aliphatic heterocycles. The van der Waals surface area contributed by atoms with Crippen LogP contribution >= 0.6 is 15.9 Å². The lowest BCUT2D eigenvalue weighted by Gasteiger charge is -2.11. The Morgan fingerprint density at radius 1 is 1.38 bits per heavy atom. The molecule has 0 heterocycles. The Morgan fingerprint density at radius 3 is 2.50 bits per heavy atom. The van der Waals surface area contributed by atoms with Crippen LogP contribution in [-0.2, 0) is 9.53 Å². The van der Waals surface area contributed by atoms with Gasteiger partial charge in [-0.1, -0.05) is 52.4 Å². The van der Waals surface area contributed by atoms with Crippen LogP contribution in [0.3, 0.4) is 0 Å². The van der Waals surface area contributed by atoms with Gasteiger partial charge in [-0.05, 0) is 19.9 Å². The quantitative estimate of drug-likeness (QED) is 0.245. The minimum atomic E-state index is -0.409. The summed E-state index contributed by atoms with van der Waals surface area (Å²) >= 11 is 3.55. The Morgan fingerprint density at radius 2 is 2.00 bits per heavy atom. The van der Waals surface area contributed by atoms with Crippen molar-refractivity contribution >= 4 is 21.9 Å². The third-order valence-corrected chi connectivity index (χ3v) is 3.42. The lowest BCUT2D eigenvalue weighted by atomic mass is 10.1. The summed E-state index contributed by atoms with van der Waals surface area (Å²) in [5.41, 5.74) is 2.24. The van der Waals surface area contributed by atoms with Crippen LogP contribution in [0.2, 0.25) is 0 Å². The predicted molar refractivity (Wildman–Crippen MR) is 71.6 cm³/mol. The zero-order chi connectivity index (χ0) is 12.6. The van der Waals surface area contributed by atoms with Crippen LogP contribution in [0.1, 0.15) is 13.8 Å². The first-order valence-corrected chi connectivity index (χ1v) is 5.83. The normalized spacial score (nSPS) is 14.2. The molecule has 0 radical (unpaired) electrons. The van der Waals surface area contributed by atoms with Gasteiger partial charge in [0.05, 0.1) is 4.83 Å². The second-order valence-electron chi connectivity index (χ2n) is 3.29. The van der Waals surface area contributed by atoms with Gasteiger partial charge in [0.25, 0.3) is 0 Å². The molecule has 3 heteroatoms. The van der Waals surface area contributed by atoms with Gasteiger partial charge in [-0.15, -0.1) is 0 Å². The first-order valence-electron chi connectivity index (χ1n) is 4.92. The van der Waals surface area contributed by atoms with Gasteiger partial charge in [0.2, 0.25) is 0 Å². The Bertz CT molecular complexity index is 327. The van der Waals surface area contributed by atoms with Crippen LogP contribution in [0.5, 0.6) is 0 Å². The summed E-state index contributed by atoms with van der Waals surface area (Å²) in [6.07, 6.45) is 6.69. The first kappa shape index (κ1) is 14.9. The maximum atomic E-state index is 10.8. The van der Waals surface area contributed by atoms with Crippen molar-refractivity contribution < 1.29 is 9.53 Å². The van der Waals surface area contributed by atoms with Crippen molar-refractivity contribution in [3.63, 3.8) is 0 Å². The van der Waals surface area contributed by atoms with E-state index in [-0.39, 0.29) is 11.4 Å². The van der Waals surface area contributed by atoms with E-state index in [1.165, 1.54) is 0 Å². The highest BCUT2D eigenvalue weighted by atomic mass is 79.9. The number of carbonyl (C=O) groups is 1. The smallest absolute Gasteiger partial charge is 0.330 e. The van der Waals surface area contributed by atoms with Gasteiger partial charge < -0.3 is 4.74 Å². The lowest BCUT2D eigenvalue weighted by Crippen LogP contribution is -2.05. The maximum Gasteiger partial charge on any atom is 0.330 e. The lowest BCUT2D eigenvalue weighted by molar-refractivity contribution is -0.136. The maximum absolute atomic E-state index is 10.8. The fourth-order valence-corrected chi connectivity index (χ4v) is 1.39. The highest BCUT2D eigenvalue weighted by Gasteiger charge is 2.07. The first-order chi connectivity index (χ1) is 7.52. The van der Waals surface area contributed by atoms with E-state index in [4.69, 9.17) is 4.74 Å². The van der Waals surface area contributed by atoms with Gasteiger partial charge in [-0.25, -0.2) is 4.79 Å². The number of allylic oxidation sites excluding steroid dienone is 4. The highest BCUT2D eigenvalue weighted by Crippen LogP contribution is 2.20. The molecule has 88 valence electrons. The van der Waals surface area contributed by atoms with E-state index in [0.29, 0.717) is 0 Å². The average molecular weight is 285 g/mol. The molecular weight excluding hydrogens is 268 g/mol. The summed E-state index contributed by atoms with van der Waals surface area (Å²) in [7, 11) is 0. The van der Waals surface area contributed by atoms with Crippen molar-refractivity contribution in [3.05, 3.63) is 48.6 Å². The molecule has 0 aliphatic carbocycles. The number of hydrogen-bond acceptors (Lipinski definition) is 2. The molecule has 0 spiro atoms. The number of ether oxygens (including phenoxy) is 1. The van der Waals surface area contributed by atoms with Gasteiger partial charge in [0.15, 0.2) is 0 Å². The predicted octanol–water partition coefficient (Wildman–Crippen LogP) is 3.56. The van der Waals surface area contributed by atoms with Crippen molar-refractivity contribution in [1.82, 2.24) is 0 Å². The summed E-state index contributed by atoms with van der Waals surface area (Å²) in [6, 6.07) is 0. The molecule has 0 bridgehead atoms. The van der Waals surface area contributed by atoms with Gasteiger partial charge >= 0.3 is 5.97 Å². The molecule has 16 heavy (non-hydrogen) atoms. The fourth-order valence-electron chi connectivity index (χ4n) is 1.05. The molecule has 0 aromatic carbocycles. The van der Waals surface area contributed by atoms with Crippen molar-refractivity contribution in [2.75, 3.05) is 6.61 Å². The van der Waals surface area contributed by atoms with Crippen LogP contribution in [0.4, 0.5) is 0 Å². The van der Waals surface area contributed by atoms with E-state index in [2.05, 4.69) is 29.1 Å². The highest BCUT2D eigenvalue weighted by molar-refractivity contribution is 9.09. The van der Waals surface area contributed by atoms with Gasteiger partial charge in [-0.2, -0.15) is 0 Å².